The smallest absolute Gasteiger partial charge is 0.00401 e. The highest BCUT2D eigenvalue weighted by Gasteiger charge is 1.91. The largest absolute Gasteiger partial charge is 0.269 e. The molecule has 1 aromatic rings. The Balaban J connectivity index is -0.000000480. The molecule has 1 aromatic carbocycles. The molecule has 0 nitrogen and oxygen atoms in total. The Morgan fingerprint density at radius 1 is 0.933 bits per heavy atom. The van der Waals surface area contributed by atoms with Gasteiger partial charge in [-0.25, -0.2) is 0 Å². The van der Waals surface area contributed by atoms with E-state index in [1.54, 1.807) is 0 Å². The Labute approximate surface area is 94.6 Å². The molecular weight excluding hydrogens is 221 g/mol. The van der Waals surface area contributed by atoms with Crippen LogP contribution >= 0.6 is 12.6 Å². The number of halogens is 3. The molecule has 0 aliphatic rings. The van der Waals surface area contributed by atoms with Gasteiger partial charge in [-0.15, -0.1) is 12.6 Å². The van der Waals surface area contributed by atoms with Crippen LogP contribution in [0, 0.1) is 0 Å². The Morgan fingerprint density at radius 3 is 1.93 bits per heavy atom. The molecule has 0 saturated carbocycles. The SMILES string of the molecule is CCCCCc1ccc(S)cc1.F.F.F. The quantitative estimate of drug-likeness (QED) is 0.593. The summed E-state index contributed by atoms with van der Waals surface area (Å²) in [5.41, 5.74) is 1.43. The predicted molar refractivity (Wildman–Crippen MR) is 64.4 cm³/mol. The first-order valence-electron chi connectivity index (χ1n) is 4.61. The Morgan fingerprint density at radius 2 is 1.47 bits per heavy atom. The molecule has 0 heterocycles. The van der Waals surface area contributed by atoms with E-state index < -0.39 is 0 Å². The molecule has 0 aliphatic heterocycles. The molecular formula is C11H19F3S. The third-order valence-electron chi connectivity index (χ3n) is 2.01. The molecule has 90 valence electrons. The van der Waals surface area contributed by atoms with Gasteiger partial charge in [0.25, 0.3) is 0 Å². The van der Waals surface area contributed by atoms with Crippen molar-refractivity contribution in [1.29, 1.82) is 0 Å². The van der Waals surface area contributed by atoms with E-state index in [9.17, 15) is 0 Å². The Hall–Kier alpha value is -0.640. The van der Waals surface area contributed by atoms with Gasteiger partial charge in [0.15, 0.2) is 0 Å². The fourth-order valence-electron chi connectivity index (χ4n) is 1.24. The fraction of sp³-hybridized carbons (Fsp3) is 0.455. The van der Waals surface area contributed by atoms with Crippen LogP contribution in [0.1, 0.15) is 31.7 Å². The molecule has 0 aromatic heterocycles. The van der Waals surface area contributed by atoms with Crippen LogP contribution in [-0.2, 0) is 6.42 Å². The summed E-state index contributed by atoms with van der Waals surface area (Å²) in [5.74, 6) is 0. The van der Waals surface area contributed by atoms with E-state index in [0.717, 1.165) is 4.90 Å². The molecule has 1 rings (SSSR count). The standard InChI is InChI=1S/C11H16S.3FH/c1-2-3-4-5-10-6-8-11(12)9-7-10;;;/h6-9,12H,2-5H2,1H3;3*1H. The van der Waals surface area contributed by atoms with E-state index in [1.165, 1.54) is 31.2 Å². The maximum atomic E-state index is 4.24. The third kappa shape index (κ3) is 8.36. The molecule has 0 fully saturated rings. The molecule has 4 heteroatoms. The lowest BCUT2D eigenvalue weighted by Crippen LogP contribution is -1.84. The highest BCUT2D eigenvalue weighted by Crippen LogP contribution is 2.10. The second kappa shape index (κ2) is 11.4. The molecule has 0 unspecified atom stereocenters. The topological polar surface area (TPSA) is 0 Å². The van der Waals surface area contributed by atoms with Crippen molar-refractivity contribution in [3.05, 3.63) is 29.8 Å². The summed E-state index contributed by atoms with van der Waals surface area (Å²) in [6.45, 7) is 2.23. The van der Waals surface area contributed by atoms with Crippen molar-refractivity contribution in [2.75, 3.05) is 0 Å². The summed E-state index contributed by atoms with van der Waals surface area (Å²) >= 11 is 4.24. The number of unbranched alkanes of at least 4 members (excludes halogenated alkanes) is 2. The lowest BCUT2D eigenvalue weighted by molar-refractivity contribution is 0.717. The highest BCUT2D eigenvalue weighted by molar-refractivity contribution is 7.80. The molecule has 0 radical (unpaired) electrons. The Kier molecular flexibility index (Phi) is 15.1. The lowest BCUT2D eigenvalue weighted by Gasteiger charge is -1.99. The van der Waals surface area contributed by atoms with Crippen molar-refractivity contribution < 1.29 is 14.1 Å². The van der Waals surface area contributed by atoms with E-state index in [2.05, 4.69) is 43.8 Å². The van der Waals surface area contributed by atoms with Gasteiger partial charge >= 0.3 is 0 Å². The molecule has 0 spiro atoms. The fourth-order valence-corrected chi connectivity index (χ4v) is 1.39. The first-order valence-corrected chi connectivity index (χ1v) is 5.05. The monoisotopic (exact) mass is 240 g/mol. The normalized spacial score (nSPS) is 8.13. The minimum absolute atomic E-state index is 0. The van der Waals surface area contributed by atoms with E-state index in [1.807, 2.05) is 0 Å². The zero-order valence-electron chi connectivity index (χ0n) is 8.81. The van der Waals surface area contributed by atoms with Gasteiger partial charge < -0.3 is 0 Å². The van der Waals surface area contributed by atoms with Crippen LogP contribution in [0.3, 0.4) is 0 Å². The van der Waals surface area contributed by atoms with Crippen molar-refractivity contribution in [3.8, 4) is 0 Å². The van der Waals surface area contributed by atoms with Crippen molar-refractivity contribution in [1.82, 2.24) is 0 Å². The summed E-state index contributed by atoms with van der Waals surface area (Å²) in [5, 5.41) is 0. The van der Waals surface area contributed by atoms with Gasteiger partial charge in [0.05, 0.1) is 0 Å². The summed E-state index contributed by atoms with van der Waals surface area (Å²) in [6.07, 6.45) is 5.15. The van der Waals surface area contributed by atoms with Gasteiger partial charge in [0.1, 0.15) is 0 Å². The maximum Gasteiger partial charge on any atom is 0.00401 e. The van der Waals surface area contributed by atoms with Gasteiger partial charge in [0, 0.05) is 4.90 Å². The van der Waals surface area contributed by atoms with Crippen molar-refractivity contribution >= 4 is 12.6 Å². The number of thiol groups is 1. The number of aryl methyl sites for hydroxylation is 1. The first kappa shape index (κ1) is 19.9. The summed E-state index contributed by atoms with van der Waals surface area (Å²) in [6, 6.07) is 8.45. The van der Waals surface area contributed by atoms with Gasteiger partial charge in [-0.1, -0.05) is 31.9 Å². The molecule has 0 amide bonds. The Bertz CT molecular complexity index is 224. The molecule has 0 N–H and O–H groups in total. The van der Waals surface area contributed by atoms with Gasteiger partial charge in [-0.05, 0) is 30.5 Å². The number of hydrogen-bond donors (Lipinski definition) is 1. The van der Waals surface area contributed by atoms with Gasteiger partial charge in [-0.2, -0.15) is 0 Å². The predicted octanol–water partition coefficient (Wildman–Crippen LogP) is 4.17. The maximum absolute atomic E-state index is 4.24. The number of rotatable bonds is 4. The van der Waals surface area contributed by atoms with Crippen LogP contribution in [-0.4, -0.2) is 0 Å². The van der Waals surface area contributed by atoms with Crippen LogP contribution in [0.15, 0.2) is 29.2 Å². The molecule has 0 aliphatic carbocycles. The van der Waals surface area contributed by atoms with Gasteiger partial charge in [0.2, 0.25) is 0 Å². The average molecular weight is 240 g/mol. The summed E-state index contributed by atoms with van der Waals surface area (Å²) in [7, 11) is 0. The van der Waals surface area contributed by atoms with Gasteiger partial charge in [-0.3, -0.25) is 14.1 Å². The highest BCUT2D eigenvalue weighted by atomic mass is 32.1. The molecule has 0 atom stereocenters. The lowest BCUT2D eigenvalue weighted by atomic mass is 10.1. The zero-order valence-corrected chi connectivity index (χ0v) is 9.70. The second-order valence-electron chi connectivity index (χ2n) is 3.12. The van der Waals surface area contributed by atoms with E-state index in [0.29, 0.717) is 0 Å². The minimum atomic E-state index is 0. The second-order valence-corrected chi connectivity index (χ2v) is 3.64. The van der Waals surface area contributed by atoms with E-state index in [-0.39, 0.29) is 14.1 Å². The van der Waals surface area contributed by atoms with Crippen molar-refractivity contribution in [3.63, 3.8) is 0 Å². The average Bonchev–Trinajstić information content (AvgIpc) is 2.09. The van der Waals surface area contributed by atoms with Crippen LogP contribution in [0.5, 0.6) is 0 Å². The van der Waals surface area contributed by atoms with Crippen molar-refractivity contribution in [2.45, 2.75) is 37.5 Å². The molecule has 0 saturated heterocycles. The summed E-state index contributed by atoms with van der Waals surface area (Å²) < 4.78 is 0. The molecule has 15 heavy (non-hydrogen) atoms. The van der Waals surface area contributed by atoms with E-state index in [4.69, 9.17) is 0 Å². The minimum Gasteiger partial charge on any atom is -0.269 e. The number of hydrogen-bond acceptors (Lipinski definition) is 1. The van der Waals surface area contributed by atoms with Crippen LogP contribution in [0.4, 0.5) is 14.1 Å². The zero-order chi connectivity index (χ0) is 8.81. The van der Waals surface area contributed by atoms with Crippen molar-refractivity contribution in [2.24, 2.45) is 0 Å². The van der Waals surface area contributed by atoms with Crippen LogP contribution < -0.4 is 0 Å². The first-order chi connectivity index (χ1) is 5.83. The van der Waals surface area contributed by atoms with E-state index >= 15 is 0 Å². The molecule has 0 bridgehead atoms. The van der Waals surface area contributed by atoms with Crippen LogP contribution in [0.25, 0.3) is 0 Å². The number of benzene rings is 1. The van der Waals surface area contributed by atoms with Crippen LogP contribution in [0.2, 0.25) is 0 Å². The third-order valence-corrected chi connectivity index (χ3v) is 2.30. The summed E-state index contributed by atoms with van der Waals surface area (Å²) in [4.78, 5) is 1.05.